The molecule has 0 aromatic heterocycles. The molecule has 0 bridgehead atoms. The van der Waals surface area contributed by atoms with Crippen molar-refractivity contribution in [1.29, 1.82) is 0 Å². The quantitative estimate of drug-likeness (QED) is 0.895. The van der Waals surface area contributed by atoms with Crippen LogP contribution in [-0.2, 0) is 12.1 Å². The van der Waals surface area contributed by atoms with Gasteiger partial charge in [0, 0.05) is 12.1 Å². The second kappa shape index (κ2) is 5.64. The third kappa shape index (κ3) is 3.01. The summed E-state index contributed by atoms with van der Waals surface area (Å²) in [7, 11) is 0. The minimum absolute atomic E-state index is 0.212. The van der Waals surface area contributed by atoms with E-state index in [9.17, 15) is 0 Å². The van der Waals surface area contributed by atoms with Gasteiger partial charge in [0.15, 0.2) is 0 Å². The number of nitrogens with zero attached hydrogens (tertiary/aromatic N) is 1. The van der Waals surface area contributed by atoms with Crippen molar-refractivity contribution in [2.75, 3.05) is 19.6 Å². The predicted octanol–water partition coefficient (Wildman–Crippen LogP) is 3.27. The maximum Gasteiger partial charge on any atom is 0.0406 e. The topological polar surface area (TPSA) is 15.3 Å². The average molecular weight is 258 g/mol. The van der Waals surface area contributed by atoms with Gasteiger partial charge in [-0.15, -0.1) is 0 Å². The van der Waals surface area contributed by atoms with Gasteiger partial charge >= 0.3 is 0 Å². The predicted molar refractivity (Wildman–Crippen MR) is 80.2 cm³/mol. The number of benzene rings is 1. The Balaban J connectivity index is 1.65. The fraction of sp³-hybridized carbons (Fsp3) is 0.647. The summed E-state index contributed by atoms with van der Waals surface area (Å²) in [4.78, 5) is 2.59. The number of piperidine rings is 1. The van der Waals surface area contributed by atoms with E-state index < -0.39 is 0 Å². The number of likely N-dealkylation sites (tertiary alicyclic amines) is 1. The van der Waals surface area contributed by atoms with Crippen molar-refractivity contribution in [3.63, 3.8) is 0 Å². The molecule has 2 heterocycles. The highest BCUT2D eigenvalue weighted by molar-refractivity contribution is 5.29. The molecule has 2 aliphatic heterocycles. The van der Waals surface area contributed by atoms with Crippen LogP contribution < -0.4 is 5.32 Å². The summed E-state index contributed by atoms with van der Waals surface area (Å²) < 4.78 is 0. The first kappa shape index (κ1) is 13.1. The van der Waals surface area contributed by atoms with E-state index in [1.165, 1.54) is 56.3 Å². The van der Waals surface area contributed by atoms with Gasteiger partial charge in [0.2, 0.25) is 0 Å². The fourth-order valence-corrected chi connectivity index (χ4v) is 3.49. The second-order valence-corrected chi connectivity index (χ2v) is 6.40. The van der Waals surface area contributed by atoms with Crippen molar-refractivity contribution in [1.82, 2.24) is 10.2 Å². The molecule has 0 aliphatic carbocycles. The molecule has 2 fully saturated rings. The highest BCUT2D eigenvalue weighted by atomic mass is 15.1. The van der Waals surface area contributed by atoms with Crippen molar-refractivity contribution < 1.29 is 0 Å². The summed E-state index contributed by atoms with van der Waals surface area (Å²) in [5, 5.41) is 3.64. The van der Waals surface area contributed by atoms with E-state index in [1.54, 1.807) is 0 Å². The molecule has 2 aliphatic rings. The summed E-state index contributed by atoms with van der Waals surface area (Å²) >= 11 is 0. The van der Waals surface area contributed by atoms with E-state index >= 15 is 0 Å². The highest BCUT2D eigenvalue weighted by Crippen LogP contribution is 2.30. The van der Waals surface area contributed by atoms with E-state index in [0.29, 0.717) is 0 Å². The molecule has 0 radical (unpaired) electrons. The number of nitrogens with one attached hydrogen (secondary N) is 1. The third-order valence-corrected chi connectivity index (χ3v) is 4.81. The Kier molecular flexibility index (Phi) is 3.90. The van der Waals surface area contributed by atoms with Crippen LogP contribution in [-0.4, -0.2) is 24.5 Å². The van der Waals surface area contributed by atoms with Crippen molar-refractivity contribution in [2.45, 2.75) is 51.1 Å². The van der Waals surface area contributed by atoms with Crippen LogP contribution in [0.5, 0.6) is 0 Å². The summed E-state index contributed by atoms with van der Waals surface area (Å²) in [6.07, 6.45) is 6.73. The smallest absolute Gasteiger partial charge is 0.0406 e. The minimum atomic E-state index is 0.212. The van der Waals surface area contributed by atoms with Gasteiger partial charge in [-0.1, -0.05) is 30.7 Å². The van der Waals surface area contributed by atoms with Crippen molar-refractivity contribution in [2.24, 2.45) is 0 Å². The molecule has 1 aromatic rings. The Morgan fingerprint density at radius 1 is 1.05 bits per heavy atom. The Morgan fingerprint density at radius 2 is 1.79 bits per heavy atom. The Bertz CT molecular complexity index is 398. The zero-order chi connectivity index (χ0) is 13.1. The molecule has 2 nitrogen and oxygen atoms in total. The van der Waals surface area contributed by atoms with E-state index in [1.807, 2.05) is 0 Å². The summed E-state index contributed by atoms with van der Waals surface area (Å²) in [6, 6.07) is 9.32. The van der Waals surface area contributed by atoms with Crippen LogP contribution in [0.2, 0.25) is 0 Å². The van der Waals surface area contributed by atoms with Gasteiger partial charge < -0.3 is 5.32 Å². The number of hydrogen-bond donors (Lipinski definition) is 1. The zero-order valence-electron chi connectivity index (χ0n) is 12.1. The molecule has 0 saturated carbocycles. The first-order chi connectivity index (χ1) is 9.26. The summed E-state index contributed by atoms with van der Waals surface area (Å²) in [5.74, 6) is 0. The maximum atomic E-state index is 3.64. The molecule has 0 amide bonds. The summed E-state index contributed by atoms with van der Waals surface area (Å²) in [5.41, 5.74) is 3.13. The third-order valence-electron chi connectivity index (χ3n) is 4.81. The fourth-order valence-electron chi connectivity index (χ4n) is 3.49. The molecule has 2 heteroatoms. The minimum Gasteiger partial charge on any atom is -0.308 e. The Hall–Kier alpha value is -0.860. The lowest BCUT2D eigenvalue weighted by atomic mass is 9.90. The lowest BCUT2D eigenvalue weighted by Gasteiger charge is -2.27. The molecule has 3 rings (SSSR count). The molecule has 19 heavy (non-hydrogen) atoms. The van der Waals surface area contributed by atoms with Crippen LogP contribution in [0, 0.1) is 0 Å². The van der Waals surface area contributed by atoms with Crippen LogP contribution in [0.3, 0.4) is 0 Å². The van der Waals surface area contributed by atoms with Gasteiger partial charge in [-0.25, -0.2) is 0 Å². The first-order valence-electron chi connectivity index (χ1n) is 7.83. The van der Waals surface area contributed by atoms with Crippen molar-refractivity contribution in [3.05, 3.63) is 35.4 Å². The Morgan fingerprint density at radius 3 is 2.42 bits per heavy atom. The first-order valence-corrected chi connectivity index (χ1v) is 7.83. The van der Waals surface area contributed by atoms with Gasteiger partial charge in [0.1, 0.15) is 0 Å². The standard InChI is InChI=1S/C17H26N2/c1-17(10-5-11-18-17)16-8-6-15(7-9-16)14-19-12-3-2-4-13-19/h6-9,18H,2-5,10-14H2,1H3. The lowest BCUT2D eigenvalue weighted by Crippen LogP contribution is -2.33. The van der Waals surface area contributed by atoms with Crippen LogP contribution in [0.25, 0.3) is 0 Å². The van der Waals surface area contributed by atoms with E-state index in [2.05, 4.69) is 41.4 Å². The number of hydrogen-bond acceptors (Lipinski definition) is 2. The van der Waals surface area contributed by atoms with Gasteiger partial charge in [-0.2, -0.15) is 0 Å². The largest absolute Gasteiger partial charge is 0.308 e. The molecule has 2 saturated heterocycles. The van der Waals surface area contributed by atoms with E-state index in [0.717, 1.165) is 13.1 Å². The monoisotopic (exact) mass is 258 g/mol. The van der Waals surface area contributed by atoms with Gasteiger partial charge in [-0.3, -0.25) is 4.90 Å². The molecular weight excluding hydrogens is 232 g/mol. The van der Waals surface area contributed by atoms with Gasteiger partial charge in [-0.05, 0) is 63.4 Å². The molecule has 1 unspecified atom stereocenters. The lowest BCUT2D eigenvalue weighted by molar-refractivity contribution is 0.221. The van der Waals surface area contributed by atoms with Crippen molar-refractivity contribution in [3.8, 4) is 0 Å². The van der Waals surface area contributed by atoms with E-state index in [-0.39, 0.29) is 5.54 Å². The molecule has 0 spiro atoms. The van der Waals surface area contributed by atoms with Crippen molar-refractivity contribution >= 4 is 0 Å². The van der Waals surface area contributed by atoms with Crippen LogP contribution in [0.1, 0.15) is 50.2 Å². The SMILES string of the molecule is CC1(c2ccc(CN3CCCCC3)cc2)CCCN1. The molecule has 1 atom stereocenters. The normalized spacial score (nSPS) is 28.7. The molecule has 1 aromatic carbocycles. The maximum absolute atomic E-state index is 3.64. The average Bonchev–Trinajstić information content (AvgIpc) is 2.89. The van der Waals surface area contributed by atoms with Crippen LogP contribution in [0.15, 0.2) is 24.3 Å². The zero-order valence-corrected chi connectivity index (χ0v) is 12.1. The van der Waals surface area contributed by atoms with Gasteiger partial charge in [0.25, 0.3) is 0 Å². The molecule has 104 valence electrons. The number of rotatable bonds is 3. The van der Waals surface area contributed by atoms with Gasteiger partial charge in [0.05, 0.1) is 0 Å². The highest BCUT2D eigenvalue weighted by Gasteiger charge is 2.29. The van der Waals surface area contributed by atoms with Crippen LogP contribution >= 0.6 is 0 Å². The van der Waals surface area contributed by atoms with E-state index in [4.69, 9.17) is 0 Å². The second-order valence-electron chi connectivity index (χ2n) is 6.40. The molecule has 1 N–H and O–H groups in total. The van der Waals surface area contributed by atoms with Crippen LogP contribution in [0.4, 0.5) is 0 Å². The Labute approximate surface area is 117 Å². The summed E-state index contributed by atoms with van der Waals surface area (Å²) in [6.45, 7) is 7.18. The molecular formula is C17H26N2.